The van der Waals surface area contributed by atoms with E-state index in [1.54, 1.807) is 30.3 Å². The van der Waals surface area contributed by atoms with Gasteiger partial charge in [-0.25, -0.2) is 8.42 Å². The number of anilines is 1. The number of hydrogen-bond acceptors (Lipinski definition) is 5. The zero-order valence-corrected chi connectivity index (χ0v) is 19.7. The maximum atomic E-state index is 12.8. The average molecular weight is 496 g/mol. The topological polar surface area (TPSA) is 78.9 Å². The maximum absolute atomic E-state index is 12.8. The van der Waals surface area contributed by atoms with Crippen molar-refractivity contribution in [2.24, 2.45) is 0 Å². The zero-order chi connectivity index (χ0) is 21.9. The van der Waals surface area contributed by atoms with E-state index >= 15 is 0 Å². The number of rotatable bonds is 6. The Morgan fingerprint density at radius 3 is 2.27 bits per heavy atom. The zero-order valence-electron chi connectivity index (χ0n) is 17.3. The predicted octanol–water partition coefficient (Wildman–Crippen LogP) is 3.42. The quantitative estimate of drug-likeness (QED) is 0.663. The molecular weight excluding hydrogens is 470 g/mol. The lowest BCUT2D eigenvalue weighted by Gasteiger charge is -2.31. The summed E-state index contributed by atoms with van der Waals surface area (Å²) >= 11 is 3.42. The summed E-state index contributed by atoms with van der Waals surface area (Å²) < 4.78 is 33.4. The molecule has 7 nitrogen and oxygen atoms in total. The van der Waals surface area contributed by atoms with Gasteiger partial charge in [-0.1, -0.05) is 0 Å². The molecule has 2 aromatic rings. The van der Waals surface area contributed by atoms with Gasteiger partial charge in [-0.15, -0.1) is 0 Å². The van der Waals surface area contributed by atoms with Crippen LogP contribution in [0.5, 0.6) is 5.75 Å². The van der Waals surface area contributed by atoms with E-state index < -0.39 is 10.0 Å². The number of amides is 1. The van der Waals surface area contributed by atoms with Crippen molar-refractivity contribution < 1.29 is 17.9 Å². The van der Waals surface area contributed by atoms with Crippen LogP contribution in [0.3, 0.4) is 0 Å². The number of halogens is 1. The molecule has 1 aliphatic rings. The van der Waals surface area contributed by atoms with Crippen LogP contribution in [0, 0.1) is 0 Å². The van der Waals surface area contributed by atoms with Crippen LogP contribution >= 0.6 is 15.9 Å². The minimum atomic E-state index is -3.53. The third-order valence-corrected chi connectivity index (χ3v) is 7.30. The van der Waals surface area contributed by atoms with Gasteiger partial charge in [0.15, 0.2) is 0 Å². The third kappa shape index (κ3) is 5.40. The molecule has 0 saturated carbocycles. The van der Waals surface area contributed by atoms with Gasteiger partial charge in [0.05, 0.1) is 15.5 Å². The highest BCUT2D eigenvalue weighted by atomic mass is 79.9. The minimum Gasteiger partial charge on any atom is -0.490 e. The fourth-order valence-corrected chi connectivity index (χ4v) is 4.98. The van der Waals surface area contributed by atoms with E-state index in [0.717, 1.165) is 0 Å². The molecule has 0 bridgehead atoms. The lowest BCUT2D eigenvalue weighted by atomic mass is 10.2. The number of carbonyl (C=O) groups excluding carboxylic acids is 1. The van der Waals surface area contributed by atoms with Crippen molar-refractivity contribution in [2.45, 2.75) is 24.8 Å². The van der Waals surface area contributed by atoms with E-state index in [1.165, 1.54) is 16.4 Å². The van der Waals surface area contributed by atoms with Crippen LogP contribution in [-0.2, 0) is 10.0 Å². The van der Waals surface area contributed by atoms with Crippen molar-refractivity contribution >= 4 is 37.5 Å². The number of nitrogens with zero attached hydrogens (tertiary/aromatic N) is 2. The Morgan fingerprint density at radius 2 is 1.70 bits per heavy atom. The molecule has 30 heavy (non-hydrogen) atoms. The molecule has 3 rings (SSSR count). The first kappa shape index (κ1) is 22.7. The van der Waals surface area contributed by atoms with E-state index in [0.29, 0.717) is 47.7 Å². The van der Waals surface area contributed by atoms with E-state index in [9.17, 15) is 13.2 Å². The van der Waals surface area contributed by atoms with E-state index in [-0.39, 0.29) is 16.9 Å². The van der Waals surface area contributed by atoms with Crippen molar-refractivity contribution in [1.29, 1.82) is 0 Å². The van der Waals surface area contributed by atoms with Crippen molar-refractivity contribution in [3.63, 3.8) is 0 Å². The summed E-state index contributed by atoms with van der Waals surface area (Å²) in [5, 5.41) is 2.79. The highest BCUT2D eigenvalue weighted by Gasteiger charge is 2.27. The molecule has 1 amide bonds. The second-order valence-corrected chi connectivity index (χ2v) is 10.3. The van der Waals surface area contributed by atoms with Crippen LogP contribution in [0.25, 0.3) is 0 Å². The van der Waals surface area contributed by atoms with Crippen LogP contribution in [0.15, 0.2) is 51.8 Å². The molecule has 0 aromatic heterocycles. The van der Waals surface area contributed by atoms with Crippen molar-refractivity contribution in [3.05, 3.63) is 52.5 Å². The van der Waals surface area contributed by atoms with Crippen LogP contribution in [0.2, 0.25) is 0 Å². The van der Waals surface area contributed by atoms with Gasteiger partial charge in [0.2, 0.25) is 10.0 Å². The molecule has 0 radical (unpaired) electrons. The first-order valence-corrected chi connectivity index (χ1v) is 12.0. The summed E-state index contributed by atoms with van der Waals surface area (Å²) in [5.74, 6) is 0.376. The third-order valence-electron chi connectivity index (χ3n) is 4.77. The van der Waals surface area contributed by atoms with Gasteiger partial charge in [-0.3, -0.25) is 4.79 Å². The number of piperazine rings is 1. The standard InChI is InChI=1S/C21H26BrN3O4S/c1-15(2)29-20-9-4-16(14-19(20)22)21(26)23-17-5-7-18(8-6-17)30(27,28)25-12-10-24(3)11-13-25/h4-9,14-15H,10-13H2,1-3H3,(H,23,26). The van der Waals surface area contributed by atoms with Crippen molar-refractivity contribution in [1.82, 2.24) is 9.21 Å². The summed E-state index contributed by atoms with van der Waals surface area (Å²) in [6.07, 6.45) is 0.0293. The number of hydrogen-bond donors (Lipinski definition) is 1. The van der Waals surface area contributed by atoms with Crippen LogP contribution in [0.4, 0.5) is 5.69 Å². The lowest BCUT2D eigenvalue weighted by molar-refractivity contribution is 0.102. The average Bonchev–Trinajstić information content (AvgIpc) is 2.70. The molecule has 1 aliphatic heterocycles. The summed E-state index contributed by atoms with van der Waals surface area (Å²) in [4.78, 5) is 14.9. The van der Waals surface area contributed by atoms with Crippen LogP contribution in [0.1, 0.15) is 24.2 Å². The molecule has 0 unspecified atom stereocenters. The number of likely N-dealkylation sites (N-methyl/N-ethyl adjacent to an activating group) is 1. The molecule has 1 fully saturated rings. The molecule has 0 atom stereocenters. The Kier molecular flexibility index (Phi) is 7.18. The molecule has 1 saturated heterocycles. The minimum absolute atomic E-state index is 0.0293. The molecule has 9 heteroatoms. The number of benzene rings is 2. The molecule has 162 valence electrons. The molecule has 0 spiro atoms. The number of nitrogens with one attached hydrogen (secondary N) is 1. The van der Waals surface area contributed by atoms with Gasteiger partial charge < -0.3 is 15.0 Å². The second-order valence-electron chi connectivity index (χ2n) is 7.50. The number of ether oxygens (including phenoxy) is 1. The van der Waals surface area contributed by atoms with Crippen molar-refractivity contribution in [2.75, 3.05) is 38.5 Å². The first-order chi connectivity index (χ1) is 14.2. The van der Waals surface area contributed by atoms with Gasteiger partial charge in [0.1, 0.15) is 5.75 Å². The molecule has 1 heterocycles. The summed E-state index contributed by atoms with van der Waals surface area (Å²) in [6, 6.07) is 11.4. The fraction of sp³-hybridized carbons (Fsp3) is 0.381. The summed E-state index contributed by atoms with van der Waals surface area (Å²) in [5.41, 5.74) is 0.989. The van der Waals surface area contributed by atoms with Gasteiger partial charge in [0.25, 0.3) is 5.91 Å². The SMILES string of the molecule is CC(C)Oc1ccc(C(=O)Nc2ccc(S(=O)(=O)N3CCN(C)CC3)cc2)cc1Br. The normalized spacial score (nSPS) is 15.9. The largest absolute Gasteiger partial charge is 0.490 e. The summed E-state index contributed by atoms with van der Waals surface area (Å²) in [6.45, 7) is 6.24. The van der Waals surface area contributed by atoms with Gasteiger partial charge in [0, 0.05) is 37.4 Å². The van der Waals surface area contributed by atoms with E-state index in [1.807, 2.05) is 20.9 Å². The Morgan fingerprint density at radius 1 is 1.07 bits per heavy atom. The van der Waals surface area contributed by atoms with Gasteiger partial charge in [-0.2, -0.15) is 4.31 Å². The Bertz CT molecular complexity index is 1000. The Labute approximate surface area is 186 Å². The Hall–Kier alpha value is -1.94. The highest BCUT2D eigenvalue weighted by Crippen LogP contribution is 2.27. The monoisotopic (exact) mass is 495 g/mol. The van der Waals surface area contributed by atoms with Crippen molar-refractivity contribution in [3.8, 4) is 5.75 Å². The van der Waals surface area contributed by atoms with Crippen LogP contribution < -0.4 is 10.1 Å². The van der Waals surface area contributed by atoms with Crippen LogP contribution in [-0.4, -0.2) is 62.9 Å². The summed E-state index contributed by atoms with van der Waals surface area (Å²) in [7, 11) is -1.55. The number of sulfonamides is 1. The first-order valence-electron chi connectivity index (χ1n) is 9.73. The van der Waals surface area contributed by atoms with E-state index in [2.05, 4.69) is 26.1 Å². The highest BCUT2D eigenvalue weighted by molar-refractivity contribution is 9.10. The lowest BCUT2D eigenvalue weighted by Crippen LogP contribution is -2.46. The smallest absolute Gasteiger partial charge is 0.255 e. The molecular formula is C21H26BrN3O4S. The van der Waals surface area contributed by atoms with E-state index in [4.69, 9.17) is 4.74 Å². The second kappa shape index (κ2) is 9.47. The molecule has 0 aliphatic carbocycles. The fourth-order valence-electron chi connectivity index (χ4n) is 3.08. The maximum Gasteiger partial charge on any atom is 0.255 e. The van der Waals surface area contributed by atoms with Gasteiger partial charge >= 0.3 is 0 Å². The molecule has 1 N–H and O–H groups in total. The Balaban J connectivity index is 1.68. The number of carbonyl (C=O) groups is 1. The van der Waals surface area contributed by atoms with Gasteiger partial charge in [-0.05, 0) is 79.3 Å². The predicted molar refractivity (Wildman–Crippen MR) is 121 cm³/mol. The molecule has 2 aromatic carbocycles.